The summed E-state index contributed by atoms with van der Waals surface area (Å²) < 4.78 is 7.86. The molecule has 48 valence electrons. The maximum absolute atomic E-state index is 7.04. The first-order valence-corrected chi connectivity index (χ1v) is 3.31. The van der Waals surface area contributed by atoms with Crippen molar-refractivity contribution in [2.75, 3.05) is 18.1 Å². The lowest BCUT2D eigenvalue weighted by Gasteiger charge is -1.85. The van der Waals surface area contributed by atoms with Crippen molar-refractivity contribution in [3.63, 3.8) is 0 Å². The van der Waals surface area contributed by atoms with Gasteiger partial charge in [-0.1, -0.05) is 0 Å². The van der Waals surface area contributed by atoms with Gasteiger partial charge in [-0.05, 0) is 1.34 Å². The third-order valence-electron chi connectivity index (χ3n) is 0.941. The average molecular weight is 142 g/mol. The van der Waals surface area contributed by atoms with E-state index >= 15 is 0 Å². The van der Waals surface area contributed by atoms with Gasteiger partial charge in [-0.2, -0.15) is 0 Å². The number of rotatable bonds is 2. The fourth-order valence-electron chi connectivity index (χ4n) is 0.470. The maximum atomic E-state index is 7.04. The number of anilines is 2. The normalized spacial score (nSPS) is 10.6. The highest BCUT2D eigenvalue weighted by molar-refractivity contribution is 7.23. The Morgan fingerprint density at radius 1 is 2.00 bits per heavy atom. The Morgan fingerprint density at radius 2 is 2.78 bits per heavy atom. The van der Waals surface area contributed by atoms with Crippen LogP contribution < -0.4 is 15.8 Å². The fraction of sp³-hybridized carbons (Fsp3) is 0.250. The minimum Gasteiger partial charge on any atom is -0.383 e. The van der Waals surface area contributed by atoms with Crippen LogP contribution in [0.5, 0.6) is 0 Å². The summed E-state index contributed by atoms with van der Waals surface area (Å²) in [5.41, 5.74) is 5.47. The Hall–Kier alpha value is -0.705. The molecule has 1 rings (SSSR count). The zero-order valence-electron chi connectivity index (χ0n) is 6.14. The Balaban J connectivity index is 2.92. The van der Waals surface area contributed by atoms with Crippen LogP contribution >= 0.6 is 11.3 Å². The average Bonchev–Trinajstić information content (AvgIpc) is 2.30. The highest BCUT2D eigenvalue weighted by Crippen LogP contribution is 2.11. The minimum absolute atomic E-state index is 0.213. The van der Waals surface area contributed by atoms with Crippen LogP contribution in [0.3, 0.4) is 0 Å². The largest absolute Gasteiger partial charge is 0.383 e. The zero-order chi connectivity index (χ0) is 7.56. The molecule has 0 saturated carbocycles. The van der Waals surface area contributed by atoms with Gasteiger partial charge in [0.25, 0.3) is 0 Å². The molecular formula is C4H8BN3S. The molecule has 1 aromatic rings. The monoisotopic (exact) mass is 142 g/mol. The molecule has 0 spiro atoms. The van der Waals surface area contributed by atoms with E-state index in [0.29, 0.717) is 5.82 Å². The van der Waals surface area contributed by atoms with Gasteiger partial charge in [0, 0.05) is 11.8 Å². The second-order valence-electron chi connectivity index (χ2n) is 1.58. The number of nitrogens with zero attached hydrogens (tertiary/aromatic N) is 1. The van der Waals surface area contributed by atoms with Crippen LogP contribution in [0.25, 0.3) is 0 Å². The summed E-state index contributed by atoms with van der Waals surface area (Å²) in [7, 11) is 2.00. The van der Waals surface area contributed by atoms with Gasteiger partial charge in [0.05, 0.1) is 0 Å². The van der Waals surface area contributed by atoms with Crippen LogP contribution in [0.2, 0.25) is 0 Å². The van der Waals surface area contributed by atoms with Crippen molar-refractivity contribution < 1.29 is 0 Å². The molecule has 0 aliphatic heterocycles. The van der Waals surface area contributed by atoms with Gasteiger partial charge < -0.3 is 11.1 Å². The van der Waals surface area contributed by atoms with Gasteiger partial charge in [0.2, 0.25) is 0 Å². The van der Waals surface area contributed by atoms with E-state index in [0.717, 1.165) is 9.91 Å². The number of nitrogens with one attached hydrogen (secondary N) is 1. The van der Waals surface area contributed by atoms with Crippen LogP contribution in [-0.4, -0.2) is 21.2 Å². The van der Waals surface area contributed by atoms with Crippen molar-refractivity contribution in [2.24, 2.45) is 0 Å². The van der Waals surface area contributed by atoms with Crippen molar-refractivity contribution in [1.82, 2.24) is 4.98 Å². The van der Waals surface area contributed by atoms with Gasteiger partial charge in [0.1, 0.15) is 5.82 Å². The number of nitrogens with two attached hydrogens (primary N) is 1. The summed E-state index contributed by atoms with van der Waals surface area (Å²) in [6.45, 7) is 0. The van der Waals surface area contributed by atoms with Gasteiger partial charge in [-0.3, -0.25) is 0 Å². The first kappa shape index (κ1) is 5.11. The molecule has 0 saturated heterocycles. The van der Waals surface area contributed by atoms with Gasteiger partial charge in [0.15, 0.2) is 12.9 Å². The topological polar surface area (TPSA) is 50.9 Å². The van der Waals surface area contributed by atoms with Gasteiger partial charge >= 0.3 is 0 Å². The van der Waals surface area contributed by atoms with Crippen LogP contribution in [0, 0.1) is 0 Å². The summed E-state index contributed by atoms with van der Waals surface area (Å²) in [4.78, 5) is 3.97. The van der Waals surface area contributed by atoms with E-state index in [2.05, 4.69) is 10.3 Å². The summed E-state index contributed by atoms with van der Waals surface area (Å²) in [6.07, 6.45) is 0. The molecule has 5 heteroatoms. The Labute approximate surface area is 60.1 Å². The highest BCUT2D eigenvalue weighted by atomic mass is 32.1. The Morgan fingerprint density at radius 3 is 3.11 bits per heavy atom. The maximum Gasteiger partial charge on any atom is 0.183 e. The molecular weight excluding hydrogens is 133 g/mol. The van der Waals surface area contributed by atoms with Gasteiger partial charge in [-0.25, -0.2) is 4.98 Å². The molecule has 0 fully saturated rings. The Kier molecular flexibility index (Phi) is 1.29. The molecule has 1 heterocycles. The molecule has 0 unspecified atom stereocenters. The molecule has 0 atom stereocenters. The lowest BCUT2D eigenvalue weighted by molar-refractivity contribution is 1.38. The third kappa shape index (κ3) is 1.16. The number of nitrogen functional groups attached to an aromatic ring is 1. The fourth-order valence-corrected chi connectivity index (χ4v) is 1.10. The summed E-state index contributed by atoms with van der Waals surface area (Å²) >= 11 is 1.42. The molecule has 3 N–H and O–H groups in total. The van der Waals surface area contributed by atoms with Crippen molar-refractivity contribution in [3.8, 4) is 0 Å². The predicted molar refractivity (Wildman–Crippen MR) is 44.3 cm³/mol. The molecule has 9 heavy (non-hydrogen) atoms. The highest BCUT2D eigenvalue weighted by Gasteiger charge is 1.99. The quantitative estimate of drug-likeness (QED) is 0.522. The SMILES string of the molecule is [2H]Bc1sc(NC)nc1N. The molecule has 3 nitrogen and oxygen atoms in total. The summed E-state index contributed by atoms with van der Waals surface area (Å²) in [6, 6.07) is 0. The van der Waals surface area contributed by atoms with Crippen LogP contribution in [0.1, 0.15) is 0 Å². The number of aromatic nitrogens is 1. The molecule has 0 aromatic carbocycles. The van der Waals surface area contributed by atoms with E-state index in [1.807, 2.05) is 0 Å². The number of hydrogen-bond donors (Lipinski definition) is 2. The molecule has 0 radical (unpaired) electrons. The number of hydrogen-bond acceptors (Lipinski definition) is 4. The van der Waals surface area contributed by atoms with Crippen LogP contribution in [0.4, 0.5) is 10.9 Å². The lowest BCUT2D eigenvalue weighted by Crippen LogP contribution is -2.02. The van der Waals surface area contributed by atoms with Crippen molar-refractivity contribution in [1.29, 1.82) is 1.34 Å². The third-order valence-corrected chi connectivity index (χ3v) is 1.89. The van der Waals surface area contributed by atoms with Gasteiger partial charge in [-0.15, -0.1) is 11.3 Å². The molecule has 1 aromatic heterocycles. The van der Waals surface area contributed by atoms with Crippen molar-refractivity contribution >= 4 is 34.9 Å². The van der Waals surface area contributed by atoms with E-state index in [1.54, 1.807) is 7.05 Å². The second-order valence-corrected chi connectivity index (χ2v) is 2.66. The first-order chi connectivity index (χ1) is 4.77. The van der Waals surface area contributed by atoms with Crippen LogP contribution in [-0.2, 0) is 0 Å². The standard InChI is InChI=1S/C4H8BN3S/c1-7-4-8-3(6)2(5)9-4/h5-6H2,1H3,(H,7,8)/i5D. The zero-order valence-corrected chi connectivity index (χ0v) is 5.96. The van der Waals surface area contributed by atoms with E-state index in [1.165, 1.54) is 11.3 Å². The Bertz CT molecular complexity index is 226. The first-order valence-electron chi connectivity index (χ1n) is 3.20. The summed E-state index contributed by atoms with van der Waals surface area (Å²) in [5, 5.41) is 3.64. The number of thiazole rings is 1. The van der Waals surface area contributed by atoms with E-state index in [4.69, 9.17) is 7.07 Å². The smallest absolute Gasteiger partial charge is 0.183 e. The predicted octanol–water partition coefficient (Wildman–Crippen LogP) is -0.975. The molecule has 0 aliphatic carbocycles. The molecule has 0 amide bonds. The van der Waals surface area contributed by atoms with Crippen LogP contribution in [0.15, 0.2) is 0 Å². The van der Waals surface area contributed by atoms with E-state index < -0.39 is 0 Å². The lowest BCUT2D eigenvalue weighted by atomic mass is 10.1. The second kappa shape index (κ2) is 2.27. The van der Waals surface area contributed by atoms with E-state index in [-0.39, 0.29) is 7.81 Å². The summed E-state index contributed by atoms with van der Waals surface area (Å²) in [5.74, 6) is 0.476. The van der Waals surface area contributed by atoms with Crippen molar-refractivity contribution in [2.45, 2.75) is 0 Å². The molecule has 0 aliphatic rings. The van der Waals surface area contributed by atoms with Crippen molar-refractivity contribution in [3.05, 3.63) is 0 Å². The van der Waals surface area contributed by atoms with E-state index in [9.17, 15) is 0 Å². The molecule has 0 bridgehead atoms. The minimum atomic E-state index is 0.213.